The summed E-state index contributed by atoms with van der Waals surface area (Å²) in [6.45, 7) is 8.87. The van der Waals surface area contributed by atoms with E-state index >= 15 is 0 Å². The third-order valence-corrected chi connectivity index (χ3v) is 3.56. The van der Waals surface area contributed by atoms with Crippen molar-refractivity contribution in [1.29, 1.82) is 0 Å². The molecule has 0 spiro atoms. The Morgan fingerprint density at radius 3 is 2.50 bits per heavy atom. The molecule has 1 rings (SSSR count). The van der Waals surface area contributed by atoms with Gasteiger partial charge >= 0.3 is 0 Å². The fourth-order valence-corrected chi connectivity index (χ4v) is 2.26. The minimum absolute atomic E-state index is 0.652. The van der Waals surface area contributed by atoms with Crippen molar-refractivity contribution in [2.24, 2.45) is 11.8 Å². The van der Waals surface area contributed by atoms with Crippen LogP contribution in [0.4, 0.5) is 0 Å². The predicted octanol–water partition coefficient (Wildman–Crippen LogP) is 4.81. The van der Waals surface area contributed by atoms with Crippen molar-refractivity contribution in [2.45, 2.75) is 33.6 Å². The summed E-state index contributed by atoms with van der Waals surface area (Å²) in [6.07, 6.45) is 2.12. The van der Waals surface area contributed by atoms with Gasteiger partial charge in [0, 0.05) is 10.0 Å². The monoisotopic (exact) mass is 287 g/mol. The highest BCUT2D eigenvalue weighted by Crippen LogP contribution is 2.22. The Labute approximate surface area is 121 Å². The molecule has 0 bridgehead atoms. The fraction of sp³-hybridized carbons (Fsp3) is 0.600. The van der Waals surface area contributed by atoms with Gasteiger partial charge in [-0.25, -0.2) is 0 Å². The van der Waals surface area contributed by atoms with Crippen LogP contribution in [0.3, 0.4) is 0 Å². The van der Waals surface area contributed by atoms with Crippen molar-refractivity contribution in [2.75, 3.05) is 13.1 Å². The van der Waals surface area contributed by atoms with E-state index in [1.54, 1.807) is 0 Å². The summed E-state index contributed by atoms with van der Waals surface area (Å²) in [5.41, 5.74) is 1.15. The molecule has 0 aliphatic rings. The molecular weight excluding hydrogens is 265 g/mol. The second kappa shape index (κ2) is 8.04. The summed E-state index contributed by atoms with van der Waals surface area (Å²) >= 11 is 12.1. The van der Waals surface area contributed by atoms with Gasteiger partial charge in [0.2, 0.25) is 0 Å². The zero-order valence-corrected chi connectivity index (χ0v) is 13.0. The van der Waals surface area contributed by atoms with Gasteiger partial charge in [0.05, 0.1) is 0 Å². The smallest absolute Gasteiger partial charge is 0.0439 e. The maximum atomic E-state index is 6.15. The first-order valence-electron chi connectivity index (χ1n) is 6.63. The zero-order valence-electron chi connectivity index (χ0n) is 11.5. The van der Waals surface area contributed by atoms with Crippen LogP contribution in [0.15, 0.2) is 18.2 Å². The minimum atomic E-state index is 0.652. The third-order valence-electron chi connectivity index (χ3n) is 2.96. The topological polar surface area (TPSA) is 12.0 Å². The molecule has 0 aromatic heterocycles. The first-order chi connectivity index (χ1) is 8.49. The van der Waals surface area contributed by atoms with Gasteiger partial charge < -0.3 is 5.32 Å². The number of rotatable bonds is 7. The van der Waals surface area contributed by atoms with Crippen LogP contribution in [0.25, 0.3) is 0 Å². The van der Waals surface area contributed by atoms with Crippen molar-refractivity contribution in [3.8, 4) is 0 Å². The third kappa shape index (κ3) is 6.08. The van der Waals surface area contributed by atoms with Gasteiger partial charge in [-0.3, -0.25) is 0 Å². The van der Waals surface area contributed by atoms with Gasteiger partial charge in [0.15, 0.2) is 0 Å². The van der Waals surface area contributed by atoms with Crippen molar-refractivity contribution in [1.82, 2.24) is 5.32 Å². The second-order valence-electron chi connectivity index (χ2n) is 5.43. The van der Waals surface area contributed by atoms with Gasteiger partial charge in [-0.15, -0.1) is 0 Å². The predicted molar refractivity (Wildman–Crippen MR) is 81.7 cm³/mol. The maximum Gasteiger partial charge on any atom is 0.0439 e. The number of hydrogen-bond donors (Lipinski definition) is 1. The van der Waals surface area contributed by atoms with Crippen molar-refractivity contribution in [3.05, 3.63) is 33.8 Å². The molecule has 0 amide bonds. The molecule has 1 atom stereocenters. The number of nitrogens with one attached hydrogen (secondary N) is 1. The largest absolute Gasteiger partial charge is 0.316 e. The lowest BCUT2D eigenvalue weighted by molar-refractivity contribution is 0.454. The standard InChI is InChI=1S/C15H23Cl2N/c1-11(2)9-18-10-12(3)4-5-13-8-14(16)6-7-15(13)17/h6-8,11-12,18H,4-5,9-10H2,1-3H3. The Balaban J connectivity index is 2.33. The minimum Gasteiger partial charge on any atom is -0.316 e. The molecule has 0 aliphatic carbocycles. The van der Waals surface area contributed by atoms with Gasteiger partial charge in [-0.05, 0) is 61.5 Å². The maximum absolute atomic E-state index is 6.15. The first-order valence-corrected chi connectivity index (χ1v) is 7.39. The lowest BCUT2D eigenvalue weighted by Crippen LogP contribution is -2.25. The van der Waals surface area contributed by atoms with Crippen LogP contribution in [0.2, 0.25) is 10.0 Å². The highest BCUT2D eigenvalue weighted by molar-refractivity contribution is 6.33. The molecule has 0 fully saturated rings. The fourth-order valence-electron chi connectivity index (χ4n) is 1.86. The van der Waals surface area contributed by atoms with Gasteiger partial charge in [0.25, 0.3) is 0 Å². The molecular formula is C15H23Cl2N. The van der Waals surface area contributed by atoms with Gasteiger partial charge in [-0.2, -0.15) is 0 Å². The molecule has 0 heterocycles. The second-order valence-corrected chi connectivity index (χ2v) is 6.28. The molecule has 1 aromatic carbocycles. The molecule has 0 aliphatic heterocycles. The number of benzene rings is 1. The Bertz CT molecular complexity index is 364. The van der Waals surface area contributed by atoms with Crippen LogP contribution in [0.5, 0.6) is 0 Å². The van der Waals surface area contributed by atoms with E-state index in [0.717, 1.165) is 41.5 Å². The summed E-state index contributed by atoms with van der Waals surface area (Å²) in [6, 6.07) is 5.68. The molecule has 3 heteroatoms. The van der Waals surface area contributed by atoms with E-state index in [9.17, 15) is 0 Å². The van der Waals surface area contributed by atoms with Crippen LogP contribution < -0.4 is 5.32 Å². The highest BCUT2D eigenvalue weighted by Gasteiger charge is 2.06. The molecule has 1 aromatic rings. The van der Waals surface area contributed by atoms with Crippen molar-refractivity contribution < 1.29 is 0 Å². The first kappa shape index (κ1) is 15.8. The Morgan fingerprint density at radius 2 is 1.83 bits per heavy atom. The Kier molecular flexibility index (Phi) is 7.06. The normalized spacial score (nSPS) is 13.0. The van der Waals surface area contributed by atoms with E-state index in [2.05, 4.69) is 26.1 Å². The molecule has 0 radical (unpaired) electrons. The van der Waals surface area contributed by atoms with Crippen LogP contribution >= 0.6 is 23.2 Å². The Morgan fingerprint density at radius 1 is 1.11 bits per heavy atom. The number of hydrogen-bond acceptors (Lipinski definition) is 1. The lowest BCUT2D eigenvalue weighted by Gasteiger charge is -2.14. The number of halogens is 2. The molecule has 0 saturated heterocycles. The van der Waals surface area contributed by atoms with Gasteiger partial charge in [0.1, 0.15) is 0 Å². The average Bonchev–Trinajstić information content (AvgIpc) is 2.30. The van der Waals surface area contributed by atoms with E-state index in [0.29, 0.717) is 11.8 Å². The average molecular weight is 288 g/mol. The zero-order chi connectivity index (χ0) is 13.5. The molecule has 18 heavy (non-hydrogen) atoms. The Hall–Kier alpha value is -0.240. The summed E-state index contributed by atoms with van der Waals surface area (Å²) in [5.74, 6) is 1.36. The van der Waals surface area contributed by atoms with E-state index in [-0.39, 0.29) is 0 Å². The van der Waals surface area contributed by atoms with Crippen LogP contribution in [-0.4, -0.2) is 13.1 Å². The van der Waals surface area contributed by atoms with E-state index in [1.165, 1.54) is 0 Å². The van der Waals surface area contributed by atoms with E-state index < -0.39 is 0 Å². The highest BCUT2D eigenvalue weighted by atomic mass is 35.5. The van der Waals surface area contributed by atoms with Gasteiger partial charge in [-0.1, -0.05) is 44.0 Å². The molecule has 0 saturated carbocycles. The quantitative estimate of drug-likeness (QED) is 0.759. The van der Waals surface area contributed by atoms with Crippen LogP contribution in [0, 0.1) is 11.8 Å². The summed E-state index contributed by atoms with van der Waals surface area (Å²) in [4.78, 5) is 0. The summed E-state index contributed by atoms with van der Waals surface area (Å²) in [5, 5.41) is 5.07. The summed E-state index contributed by atoms with van der Waals surface area (Å²) in [7, 11) is 0. The molecule has 102 valence electrons. The van der Waals surface area contributed by atoms with E-state index in [1.807, 2.05) is 18.2 Å². The molecule has 1 N–H and O–H groups in total. The molecule has 1 nitrogen and oxygen atoms in total. The summed E-state index contributed by atoms with van der Waals surface area (Å²) < 4.78 is 0. The van der Waals surface area contributed by atoms with E-state index in [4.69, 9.17) is 23.2 Å². The number of aryl methyl sites for hydroxylation is 1. The van der Waals surface area contributed by atoms with Crippen LogP contribution in [-0.2, 0) is 6.42 Å². The van der Waals surface area contributed by atoms with Crippen molar-refractivity contribution >= 4 is 23.2 Å². The van der Waals surface area contributed by atoms with Crippen molar-refractivity contribution in [3.63, 3.8) is 0 Å². The molecule has 1 unspecified atom stereocenters. The van der Waals surface area contributed by atoms with Crippen LogP contribution in [0.1, 0.15) is 32.8 Å². The lowest BCUT2D eigenvalue weighted by atomic mass is 10.0. The SMILES string of the molecule is CC(C)CNCC(C)CCc1cc(Cl)ccc1Cl.